The van der Waals surface area contributed by atoms with Gasteiger partial charge >= 0.3 is 149 Å². The molecule has 1 aromatic carbocycles. The van der Waals surface area contributed by atoms with Crippen LogP contribution in [0, 0.1) is 0 Å². The first-order chi connectivity index (χ1) is 11.0. The fraction of sp³-hybridized carbons (Fsp3) is 0.667. The summed E-state index contributed by atoms with van der Waals surface area (Å²) in [6.45, 7) is 6.70. The van der Waals surface area contributed by atoms with Crippen molar-refractivity contribution in [1.29, 1.82) is 0 Å². The molecule has 0 spiro atoms. The molecule has 0 bridgehead atoms. The third kappa shape index (κ3) is 3.46. The summed E-state index contributed by atoms with van der Waals surface area (Å²) in [5, 5.41) is 10.7. The van der Waals surface area contributed by atoms with Gasteiger partial charge in [0.05, 0.1) is 0 Å². The Hall–Kier alpha value is -0.530. The fourth-order valence-electron chi connectivity index (χ4n) is 3.74. The second-order valence-electron chi connectivity index (χ2n) is 6.63. The van der Waals surface area contributed by atoms with Gasteiger partial charge in [-0.3, -0.25) is 0 Å². The van der Waals surface area contributed by atoms with E-state index in [2.05, 4.69) is 30.9 Å². The zero-order chi connectivity index (χ0) is 16.6. The van der Waals surface area contributed by atoms with E-state index in [1.807, 2.05) is 0 Å². The van der Waals surface area contributed by atoms with Crippen LogP contribution in [0.4, 0.5) is 0 Å². The quantitative estimate of drug-likeness (QED) is 0.502. The van der Waals surface area contributed by atoms with Crippen molar-refractivity contribution in [3.8, 4) is 11.5 Å². The SMILES string of the molecule is COc1cc2c(cc1OC)[C@H]1C[C@H](O)[C@@H]([I-]C(C)C)CN1CC2. The molecule has 0 amide bonds. The molecular weight excluding hydrogens is 405 g/mol. The van der Waals surface area contributed by atoms with Crippen LogP contribution in [0.3, 0.4) is 0 Å². The van der Waals surface area contributed by atoms with E-state index >= 15 is 0 Å². The minimum atomic E-state index is -0.162. The summed E-state index contributed by atoms with van der Waals surface area (Å²) in [5.41, 5.74) is 2.65. The molecule has 0 unspecified atom stereocenters. The first-order valence-electron chi connectivity index (χ1n) is 8.32. The van der Waals surface area contributed by atoms with Crippen molar-refractivity contribution in [1.82, 2.24) is 4.90 Å². The van der Waals surface area contributed by atoms with E-state index < -0.39 is 0 Å². The van der Waals surface area contributed by atoms with Gasteiger partial charge < -0.3 is 0 Å². The molecule has 23 heavy (non-hydrogen) atoms. The molecule has 130 valence electrons. The Morgan fingerprint density at radius 1 is 1.22 bits per heavy atom. The van der Waals surface area contributed by atoms with Crippen molar-refractivity contribution in [2.75, 3.05) is 27.3 Å². The van der Waals surface area contributed by atoms with Crippen LogP contribution >= 0.6 is 0 Å². The molecule has 3 rings (SSSR count). The van der Waals surface area contributed by atoms with Crippen LogP contribution in [0.25, 0.3) is 0 Å². The van der Waals surface area contributed by atoms with Gasteiger partial charge in [-0.25, -0.2) is 0 Å². The van der Waals surface area contributed by atoms with Gasteiger partial charge in [-0.2, -0.15) is 0 Å². The maximum atomic E-state index is 10.7. The van der Waals surface area contributed by atoms with E-state index in [9.17, 15) is 5.11 Å². The van der Waals surface area contributed by atoms with Crippen LogP contribution in [0.15, 0.2) is 12.1 Å². The Kier molecular flexibility index (Phi) is 5.38. The molecule has 0 radical (unpaired) electrons. The van der Waals surface area contributed by atoms with Gasteiger partial charge in [0, 0.05) is 0 Å². The standard InChI is InChI=1S/C18H27INO3/c1-11(2)19-14-10-20-6-5-12-7-17(22-3)18(23-4)8-13(12)15(20)9-16(14)21/h7-8,11,14-16,21H,5-6,9-10H2,1-4H3/q-1/t14-,15+,16-/m0/s1. The summed E-state index contributed by atoms with van der Waals surface area (Å²) in [5.74, 6) is 1.60. The van der Waals surface area contributed by atoms with E-state index in [1.54, 1.807) is 14.2 Å². The third-order valence-electron chi connectivity index (χ3n) is 4.82. The fourth-order valence-corrected chi connectivity index (χ4v) is 7.10. The summed E-state index contributed by atoms with van der Waals surface area (Å²) in [7, 11) is 3.37. The van der Waals surface area contributed by atoms with E-state index in [4.69, 9.17) is 9.47 Å². The van der Waals surface area contributed by atoms with Crippen molar-refractivity contribution in [3.05, 3.63) is 23.3 Å². The zero-order valence-corrected chi connectivity index (χ0v) is 16.5. The van der Waals surface area contributed by atoms with E-state index in [1.165, 1.54) is 11.1 Å². The molecule has 1 aromatic rings. The molecule has 2 heterocycles. The molecular formula is C18H27INO3-. The van der Waals surface area contributed by atoms with E-state index in [0.29, 0.717) is 9.97 Å². The minimum absolute atomic E-state index is 0.0477. The summed E-state index contributed by atoms with van der Waals surface area (Å²) in [6, 6.07) is 4.56. The summed E-state index contributed by atoms with van der Waals surface area (Å²) < 4.78 is 12.2. The Bertz CT molecular complexity index is 563. The Balaban J connectivity index is 1.87. The molecule has 0 aliphatic carbocycles. The maximum absolute atomic E-state index is 10.7. The molecule has 1 saturated heterocycles. The number of hydrogen-bond donors (Lipinski definition) is 1. The Morgan fingerprint density at radius 2 is 1.91 bits per heavy atom. The third-order valence-corrected chi connectivity index (χ3v) is 8.40. The monoisotopic (exact) mass is 432 g/mol. The number of alkyl halides is 2. The number of aliphatic hydroxyl groups is 1. The van der Waals surface area contributed by atoms with Crippen molar-refractivity contribution >= 4 is 0 Å². The van der Waals surface area contributed by atoms with Gasteiger partial charge in [0.15, 0.2) is 0 Å². The van der Waals surface area contributed by atoms with Crippen molar-refractivity contribution in [2.24, 2.45) is 0 Å². The van der Waals surface area contributed by atoms with Gasteiger partial charge in [-0.1, -0.05) is 0 Å². The summed E-state index contributed by atoms with van der Waals surface area (Å²) in [4.78, 5) is 2.58. The van der Waals surface area contributed by atoms with Gasteiger partial charge in [-0.15, -0.1) is 0 Å². The summed E-state index contributed by atoms with van der Waals surface area (Å²) >= 11 is 0.0477. The van der Waals surface area contributed by atoms with Crippen LogP contribution in [-0.2, 0) is 6.42 Å². The van der Waals surface area contributed by atoms with Crippen LogP contribution in [0.2, 0.25) is 0 Å². The molecule has 1 fully saturated rings. The van der Waals surface area contributed by atoms with Crippen LogP contribution in [0.1, 0.15) is 37.4 Å². The number of halogens is 1. The van der Waals surface area contributed by atoms with Gasteiger partial charge in [-0.05, 0) is 0 Å². The predicted octanol–water partition coefficient (Wildman–Crippen LogP) is -0.766. The normalized spacial score (nSPS) is 27.7. The molecule has 2 aliphatic heterocycles. The van der Waals surface area contributed by atoms with Gasteiger partial charge in [0.1, 0.15) is 0 Å². The van der Waals surface area contributed by atoms with E-state index in [-0.39, 0.29) is 27.3 Å². The molecule has 1 N–H and O–H groups in total. The van der Waals surface area contributed by atoms with Crippen LogP contribution in [0.5, 0.6) is 11.5 Å². The number of fused-ring (bicyclic) bond motifs is 3. The first-order valence-corrected chi connectivity index (χ1v) is 10.8. The van der Waals surface area contributed by atoms with Crippen LogP contribution in [-0.4, -0.2) is 51.3 Å². The molecule has 3 atom stereocenters. The Morgan fingerprint density at radius 3 is 2.57 bits per heavy atom. The number of methoxy groups -OCH3 is 2. The number of piperidine rings is 1. The van der Waals surface area contributed by atoms with Crippen molar-refractivity contribution in [3.63, 3.8) is 0 Å². The second kappa shape index (κ2) is 7.15. The molecule has 0 aromatic heterocycles. The number of rotatable bonds is 4. The number of benzene rings is 1. The zero-order valence-electron chi connectivity index (χ0n) is 14.4. The molecule has 4 nitrogen and oxygen atoms in total. The molecule has 2 aliphatic rings. The number of aliphatic hydroxyl groups excluding tert-OH is 1. The van der Waals surface area contributed by atoms with Crippen LogP contribution < -0.4 is 30.7 Å². The second-order valence-corrected chi connectivity index (χ2v) is 11.4. The van der Waals surface area contributed by atoms with Gasteiger partial charge in [0.25, 0.3) is 0 Å². The molecule has 0 saturated carbocycles. The average Bonchev–Trinajstić information content (AvgIpc) is 2.53. The topological polar surface area (TPSA) is 41.9 Å². The van der Waals surface area contributed by atoms with Crippen molar-refractivity contribution in [2.45, 2.75) is 46.7 Å². The average molecular weight is 432 g/mol. The first kappa shape index (κ1) is 17.3. The molecule has 5 heteroatoms. The summed E-state index contributed by atoms with van der Waals surface area (Å²) in [6.07, 6.45) is 1.74. The number of hydrogen-bond acceptors (Lipinski definition) is 4. The predicted molar refractivity (Wildman–Crippen MR) is 87.1 cm³/mol. The number of nitrogens with zero attached hydrogens (tertiary/aromatic N) is 1. The Labute approximate surface area is 149 Å². The van der Waals surface area contributed by atoms with Crippen molar-refractivity contribution < 1.29 is 35.8 Å². The van der Waals surface area contributed by atoms with E-state index in [0.717, 1.165) is 41.4 Å². The van der Waals surface area contributed by atoms with Gasteiger partial charge in [0.2, 0.25) is 0 Å². The number of ether oxygens (including phenoxy) is 2.